The summed E-state index contributed by atoms with van der Waals surface area (Å²) in [6.45, 7) is -0.516. The van der Waals surface area contributed by atoms with Crippen LogP contribution in [0.25, 0.3) is 0 Å². The van der Waals surface area contributed by atoms with E-state index >= 15 is 0 Å². The molecule has 1 atom stereocenters. The number of nitrogens with two attached hydrogens (primary N) is 1. The Morgan fingerprint density at radius 2 is 2.10 bits per heavy atom. The molecule has 0 saturated heterocycles. The third-order valence-corrected chi connectivity index (χ3v) is 3.84. The van der Waals surface area contributed by atoms with Crippen LogP contribution in [0.2, 0.25) is 0 Å². The van der Waals surface area contributed by atoms with Gasteiger partial charge in [0.1, 0.15) is 6.04 Å². The molecule has 12 nitrogen and oxygen atoms in total. The molecule has 0 aliphatic heterocycles. The number of nitrogens with one attached hydrogen (secondary N) is 3. The smallest absolute Gasteiger partial charge is 0.337 e. The van der Waals surface area contributed by atoms with Crippen molar-refractivity contribution >= 4 is 23.9 Å². The quantitative estimate of drug-likeness (QED) is 0.198. The van der Waals surface area contributed by atoms with Crippen LogP contribution in [-0.4, -0.2) is 46.6 Å². The number of amides is 1. The van der Waals surface area contributed by atoms with E-state index in [1.54, 1.807) is 12.1 Å². The molecule has 30 heavy (non-hydrogen) atoms. The second kappa shape index (κ2) is 10.3. The Morgan fingerprint density at radius 1 is 1.37 bits per heavy atom. The van der Waals surface area contributed by atoms with E-state index in [-0.39, 0.29) is 22.8 Å². The molecule has 0 radical (unpaired) electrons. The lowest BCUT2D eigenvalue weighted by atomic mass is 10.0. The number of aromatic nitrogens is 2. The Kier molecular flexibility index (Phi) is 7.51. The minimum Gasteiger partial charge on any atom is -0.465 e. The first-order chi connectivity index (χ1) is 14.3. The normalized spacial score (nSPS) is 11.8. The molecular formula is C18H19N7O5. The predicted molar refractivity (Wildman–Crippen MR) is 106 cm³/mol. The summed E-state index contributed by atoms with van der Waals surface area (Å²) < 4.78 is 4.66. The molecule has 0 aliphatic carbocycles. The van der Waals surface area contributed by atoms with Crippen molar-refractivity contribution in [2.24, 2.45) is 0 Å². The van der Waals surface area contributed by atoms with Gasteiger partial charge in [-0.25, -0.2) is 14.8 Å². The van der Waals surface area contributed by atoms with Crippen LogP contribution in [0, 0.1) is 15.5 Å². The van der Waals surface area contributed by atoms with Crippen molar-refractivity contribution in [1.29, 1.82) is 5.41 Å². The van der Waals surface area contributed by atoms with E-state index in [4.69, 9.17) is 11.1 Å². The summed E-state index contributed by atoms with van der Waals surface area (Å²) in [5, 5.41) is 23.7. The molecule has 0 aliphatic rings. The van der Waals surface area contributed by atoms with Gasteiger partial charge in [0.25, 0.3) is 5.91 Å². The van der Waals surface area contributed by atoms with Gasteiger partial charge < -0.3 is 26.5 Å². The molecule has 1 amide bonds. The zero-order chi connectivity index (χ0) is 22.1. The van der Waals surface area contributed by atoms with Crippen LogP contribution in [0.15, 0.2) is 48.6 Å². The lowest BCUT2D eigenvalue weighted by Gasteiger charge is -2.15. The molecule has 12 heteroatoms. The standard InChI is InChI=1S/C18H19N7O5/c1-30-18(27)12-4-2-3-11(7-12)14(10-25(28)29)23-9-13(8-19)24-17(26)15-16(20)22-6-5-21-15/h2-9,14,19,23H,10H2,1H3,(H2,20,22)(H,24,26)/b13-9+,19-8?. The number of esters is 1. The van der Waals surface area contributed by atoms with Gasteiger partial charge in [0.15, 0.2) is 11.5 Å². The van der Waals surface area contributed by atoms with Crippen LogP contribution < -0.4 is 16.4 Å². The number of hydrogen-bond acceptors (Lipinski definition) is 10. The summed E-state index contributed by atoms with van der Waals surface area (Å²) >= 11 is 0. The van der Waals surface area contributed by atoms with Crippen molar-refractivity contribution in [3.63, 3.8) is 0 Å². The monoisotopic (exact) mass is 413 g/mol. The molecule has 0 bridgehead atoms. The summed E-state index contributed by atoms with van der Waals surface area (Å²) in [6.07, 6.45) is 4.69. The Labute approximate surface area is 170 Å². The van der Waals surface area contributed by atoms with Gasteiger partial charge in [0.2, 0.25) is 6.54 Å². The van der Waals surface area contributed by atoms with Gasteiger partial charge in [-0.2, -0.15) is 0 Å². The second-order valence-corrected chi connectivity index (χ2v) is 5.84. The van der Waals surface area contributed by atoms with Gasteiger partial charge in [-0.15, -0.1) is 0 Å². The van der Waals surface area contributed by atoms with Crippen LogP contribution >= 0.6 is 0 Å². The number of anilines is 1. The van der Waals surface area contributed by atoms with Gasteiger partial charge in [-0.3, -0.25) is 14.9 Å². The number of allylic oxidation sites excluding steroid dienone is 1. The van der Waals surface area contributed by atoms with Crippen molar-refractivity contribution in [1.82, 2.24) is 20.6 Å². The SMILES string of the molecule is COC(=O)c1cccc(C(C[N+](=O)[O-])N/C=C(\C=N)NC(=O)c2nccnc2N)c1. The summed E-state index contributed by atoms with van der Waals surface area (Å²) in [7, 11) is 1.23. The van der Waals surface area contributed by atoms with Gasteiger partial charge in [-0.05, 0) is 17.7 Å². The van der Waals surface area contributed by atoms with Gasteiger partial charge in [-0.1, -0.05) is 12.1 Å². The molecule has 0 spiro atoms. The highest BCUT2D eigenvalue weighted by atomic mass is 16.6. The number of methoxy groups -OCH3 is 1. The van der Waals surface area contributed by atoms with Crippen molar-refractivity contribution in [3.8, 4) is 0 Å². The highest BCUT2D eigenvalue weighted by molar-refractivity contribution is 5.99. The number of nitrogen functional groups attached to an aromatic ring is 1. The molecule has 0 fully saturated rings. The number of carbonyl (C=O) groups excluding carboxylic acids is 2. The summed E-state index contributed by atoms with van der Waals surface area (Å²) in [5.74, 6) is -1.37. The van der Waals surface area contributed by atoms with E-state index in [1.165, 1.54) is 37.8 Å². The number of nitro groups is 1. The van der Waals surface area contributed by atoms with Crippen LogP contribution in [0.1, 0.15) is 32.5 Å². The fourth-order valence-corrected chi connectivity index (χ4v) is 2.42. The largest absolute Gasteiger partial charge is 0.465 e. The van der Waals surface area contributed by atoms with Crippen molar-refractivity contribution in [3.05, 3.63) is 75.5 Å². The van der Waals surface area contributed by atoms with E-state index < -0.39 is 29.4 Å². The van der Waals surface area contributed by atoms with Gasteiger partial charge in [0, 0.05) is 29.7 Å². The zero-order valence-electron chi connectivity index (χ0n) is 15.9. The summed E-state index contributed by atoms with van der Waals surface area (Å²) in [6, 6.07) is 5.30. The molecule has 1 aromatic heterocycles. The summed E-state index contributed by atoms with van der Waals surface area (Å²) in [5.41, 5.74) is 6.15. The fraction of sp³-hybridized carbons (Fsp3) is 0.167. The lowest BCUT2D eigenvalue weighted by molar-refractivity contribution is -0.484. The van der Waals surface area contributed by atoms with E-state index in [0.717, 1.165) is 6.21 Å². The first-order valence-electron chi connectivity index (χ1n) is 8.50. The average Bonchev–Trinajstić information content (AvgIpc) is 2.74. The van der Waals surface area contributed by atoms with Crippen LogP contribution in [0.3, 0.4) is 0 Å². The van der Waals surface area contributed by atoms with E-state index in [9.17, 15) is 19.7 Å². The maximum atomic E-state index is 12.3. The van der Waals surface area contributed by atoms with Crippen molar-refractivity contribution < 1.29 is 19.2 Å². The number of ether oxygens (including phenoxy) is 1. The molecule has 1 unspecified atom stereocenters. The minimum atomic E-state index is -0.849. The van der Waals surface area contributed by atoms with E-state index in [0.29, 0.717) is 5.56 Å². The molecule has 5 N–H and O–H groups in total. The number of hydrogen-bond donors (Lipinski definition) is 4. The predicted octanol–water partition coefficient (Wildman–Crippen LogP) is 0.674. The lowest BCUT2D eigenvalue weighted by Crippen LogP contribution is -2.29. The van der Waals surface area contributed by atoms with E-state index in [1.807, 2.05) is 0 Å². The zero-order valence-corrected chi connectivity index (χ0v) is 15.9. The molecule has 156 valence electrons. The van der Waals surface area contributed by atoms with Crippen LogP contribution in [0.5, 0.6) is 0 Å². The third-order valence-electron chi connectivity index (χ3n) is 3.84. The summed E-state index contributed by atoms with van der Waals surface area (Å²) in [4.78, 5) is 42.1. The second-order valence-electron chi connectivity index (χ2n) is 5.84. The Bertz CT molecular complexity index is 992. The Hall–Kier alpha value is -4.35. The molecular weight excluding hydrogens is 394 g/mol. The molecule has 2 aromatic rings. The fourth-order valence-electron chi connectivity index (χ4n) is 2.42. The average molecular weight is 413 g/mol. The maximum absolute atomic E-state index is 12.3. The first-order valence-corrected chi connectivity index (χ1v) is 8.50. The van der Waals surface area contributed by atoms with Gasteiger partial charge >= 0.3 is 5.97 Å². The third kappa shape index (κ3) is 5.82. The molecule has 1 heterocycles. The molecule has 0 saturated carbocycles. The van der Waals surface area contributed by atoms with Crippen molar-refractivity contribution in [2.75, 3.05) is 19.4 Å². The molecule has 2 rings (SSSR count). The highest BCUT2D eigenvalue weighted by Gasteiger charge is 2.19. The van der Waals surface area contributed by atoms with E-state index in [2.05, 4.69) is 25.3 Å². The number of carbonyl (C=O) groups is 2. The number of rotatable bonds is 9. The van der Waals surface area contributed by atoms with Crippen LogP contribution in [0.4, 0.5) is 5.82 Å². The van der Waals surface area contributed by atoms with Crippen molar-refractivity contribution in [2.45, 2.75) is 6.04 Å². The Morgan fingerprint density at radius 3 is 2.73 bits per heavy atom. The minimum absolute atomic E-state index is 0.00234. The van der Waals surface area contributed by atoms with Crippen LogP contribution in [-0.2, 0) is 4.74 Å². The number of benzene rings is 1. The van der Waals surface area contributed by atoms with Gasteiger partial charge in [0.05, 0.1) is 18.4 Å². The highest BCUT2D eigenvalue weighted by Crippen LogP contribution is 2.16. The maximum Gasteiger partial charge on any atom is 0.337 e. The topological polar surface area (TPSA) is 186 Å². The Balaban J connectivity index is 2.22. The molecule has 1 aromatic carbocycles. The first kappa shape index (κ1) is 21.9. The number of nitrogens with zero attached hydrogens (tertiary/aromatic N) is 3.